The molecule has 0 amide bonds. The molecule has 0 radical (unpaired) electrons. The van der Waals surface area contributed by atoms with Crippen molar-refractivity contribution < 1.29 is 5.11 Å². The molecule has 0 heterocycles. The Balaban J connectivity index is 0.00000256. The fourth-order valence-corrected chi connectivity index (χ4v) is 1.99. The first kappa shape index (κ1) is 16.8. The van der Waals surface area contributed by atoms with Gasteiger partial charge in [0.25, 0.3) is 0 Å². The van der Waals surface area contributed by atoms with E-state index in [1.807, 2.05) is 18.2 Å². The first-order valence-electron chi connectivity index (χ1n) is 6.61. The van der Waals surface area contributed by atoms with Gasteiger partial charge in [0.1, 0.15) is 5.75 Å². The van der Waals surface area contributed by atoms with Crippen LogP contribution in [0.5, 0.6) is 5.75 Å². The lowest BCUT2D eigenvalue weighted by Crippen LogP contribution is -1.87. The molecule has 94 valence electrons. The fraction of sp³-hybridized carbons (Fsp3) is 0.600. The maximum atomic E-state index is 9.58. The third-order valence-electron chi connectivity index (χ3n) is 3.04. The normalized spacial score (nSPS) is 9.94. The minimum Gasteiger partial charge on any atom is -0.508 e. The highest BCUT2D eigenvalue weighted by Crippen LogP contribution is 2.18. The van der Waals surface area contributed by atoms with Crippen molar-refractivity contribution in [3.8, 4) is 5.75 Å². The maximum Gasteiger partial charge on any atom is 0.316 e. The number of para-hydroxylation sites is 1. The van der Waals surface area contributed by atoms with Gasteiger partial charge in [0.2, 0.25) is 0 Å². The fourth-order valence-electron chi connectivity index (χ4n) is 1.99. The van der Waals surface area contributed by atoms with Crippen LogP contribution in [0.15, 0.2) is 24.3 Å². The van der Waals surface area contributed by atoms with Crippen LogP contribution in [0, 0.1) is 0 Å². The van der Waals surface area contributed by atoms with Gasteiger partial charge < -0.3 is 5.11 Å². The Morgan fingerprint density at radius 3 is 2.12 bits per heavy atom. The van der Waals surface area contributed by atoms with Gasteiger partial charge in [0.15, 0.2) is 0 Å². The molecule has 0 spiro atoms. The number of unbranched alkanes of at least 4 members (excludes halogenated alkanes) is 6. The lowest BCUT2D eigenvalue weighted by atomic mass is 10.0. The topological polar surface area (TPSA) is 20.2 Å². The summed E-state index contributed by atoms with van der Waals surface area (Å²) in [4.78, 5) is 0. The average molecular weight is 247 g/mol. The average Bonchev–Trinajstić information content (AvgIpc) is 2.30. The summed E-state index contributed by atoms with van der Waals surface area (Å²) < 4.78 is 0. The van der Waals surface area contributed by atoms with Gasteiger partial charge in [-0.05, 0) is 24.5 Å². The Morgan fingerprint density at radius 1 is 0.882 bits per heavy atom. The quantitative estimate of drug-likeness (QED) is 0.547. The van der Waals surface area contributed by atoms with Crippen LogP contribution < -0.4 is 0 Å². The Morgan fingerprint density at radius 2 is 1.47 bits per heavy atom. The summed E-state index contributed by atoms with van der Waals surface area (Å²) in [5.41, 5.74) is 1.09. The van der Waals surface area contributed by atoms with Crippen molar-refractivity contribution in [1.82, 2.24) is 0 Å². The number of benzene rings is 1. The summed E-state index contributed by atoms with van der Waals surface area (Å²) in [6, 6.07) is 7.67. The standard InChI is InChI=1S/C15H24O.Mg.2H/c1-2-3-4-5-6-7-8-11-14-12-9-10-13-15(14)16;;;/h9-10,12-13,16H,2-8,11H2,1H3;;;. The maximum absolute atomic E-state index is 9.58. The van der Waals surface area contributed by atoms with E-state index in [1.54, 1.807) is 6.07 Å². The molecule has 0 aliphatic heterocycles. The number of phenolic OH excluding ortho intramolecular Hbond substituents is 1. The van der Waals surface area contributed by atoms with Crippen molar-refractivity contribution >= 4 is 23.1 Å². The van der Waals surface area contributed by atoms with E-state index < -0.39 is 0 Å². The molecule has 0 aromatic heterocycles. The molecular weight excluding hydrogens is 220 g/mol. The molecule has 1 rings (SSSR count). The van der Waals surface area contributed by atoms with Crippen LogP contribution in [-0.2, 0) is 6.42 Å². The van der Waals surface area contributed by atoms with Gasteiger partial charge in [-0.3, -0.25) is 0 Å². The molecule has 17 heavy (non-hydrogen) atoms. The Kier molecular flexibility index (Phi) is 10.8. The van der Waals surface area contributed by atoms with Crippen LogP contribution >= 0.6 is 0 Å². The van der Waals surface area contributed by atoms with E-state index in [-0.39, 0.29) is 23.1 Å². The molecule has 0 bridgehead atoms. The number of aromatic hydroxyl groups is 1. The van der Waals surface area contributed by atoms with Crippen LogP contribution in [0.25, 0.3) is 0 Å². The second-order valence-electron chi connectivity index (χ2n) is 4.50. The third kappa shape index (κ3) is 7.66. The molecule has 0 atom stereocenters. The molecule has 0 saturated carbocycles. The minimum absolute atomic E-state index is 0. The van der Waals surface area contributed by atoms with E-state index in [1.165, 1.54) is 44.9 Å². The third-order valence-corrected chi connectivity index (χ3v) is 3.04. The zero-order chi connectivity index (χ0) is 11.6. The van der Waals surface area contributed by atoms with Gasteiger partial charge in [-0.2, -0.15) is 0 Å². The zero-order valence-corrected chi connectivity index (χ0v) is 10.4. The van der Waals surface area contributed by atoms with Crippen molar-refractivity contribution in [2.75, 3.05) is 0 Å². The van der Waals surface area contributed by atoms with Gasteiger partial charge in [0.05, 0.1) is 0 Å². The Bertz CT molecular complexity index is 286. The molecular formula is C15H26MgO. The van der Waals surface area contributed by atoms with Crippen LogP contribution in [0.1, 0.15) is 57.4 Å². The summed E-state index contributed by atoms with van der Waals surface area (Å²) in [7, 11) is 0. The van der Waals surface area contributed by atoms with Crippen molar-refractivity contribution in [3.05, 3.63) is 29.8 Å². The Labute approximate surface area is 122 Å². The number of phenols is 1. The van der Waals surface area contributed by atoms with Crippen LogP contribution in [0.3, 0.4) is 0 Å². The van der Waals surface area contributed by atoms with E-state index in [9.17, 15) is 5.11 Å². The monoisotopic (exact) mass is 246 g/mol. The van der Waals surface area contributed by atoms with Gasteiger partial charge in [0, 0.05) is 0 Å². The lowest BCUT2D eigenvalue weighted by Gasteiger charge is -2.04. The highest BCUT2D eigenvalue weighted by atomic mass is 24.3. The summed E-state index contributed by atoms with van der Waals surface area (Å²) in [6.45, 7) is 2.25. The zero-order valence-electron chi connectivity index (χ0n) is 10.4. The van der Waals surface area contributed by atoms with Crippen LogP contribution in [0.4, 0.5) is 0 Å². The number of aryl methyl sites for hydroxylation is 1. The molecule has 1 aromatic carbocycles. The minimum atomic E-state index is 0. The Hall–Kier alpha value is -0.214. The molecule has 0 saturated heterocycles. The number of rotatable bonds is 8. The molecule has 1 aromatic rings. The van der Waals surface area contributed by atoms with Gasteiger partial charge in [-0.1, -0.05) is 63.6 Å². The summed E-state index contributed by atoms with van der Waals surface area (Å²) in [6.07, 6.45) is 10.3. The molecule has 1 nitrogen and oxygen atoms in total. The second kappa shape index (κ2) is 10.9. The van der Waals surface area contributed by atoms with Crippen LogP contribution in [0.2, 0.25) is 0 Å². The van der Waals surface area contributed by atoms with Crippen molar-refractivity contribution in [2.45, 2.75) is 58.3 Å². The second-order valence-corrected chi connectivity index (χ2v) is 4.50. The van der Waals surface area contributed by atoms with Gasteiger partial charge >= 0.3 is 23.1 Å². The SMILES string of the molecule is CCCCCCCCCc1ccccc1O.[MgH2]. The van der Waals surface area contributed by atoms with E-state index in [0.29, 0.717) is 5.75 Å². The van der Waals surface area contributed by atoms with Crippen molar-refractivity contribution in [2.24, 2.45) is 0 Å². The van der Waals surface area contributed by atoms with Gasteiger partial charge in [-0.15, -0.1) is 0 Å². The highest BCUT2D eigenvalue weighted by molar-refractivity contribution is 5.75. The molecule has 2 heteroatoms. The molecule has 1 N–H and O–H groups in total. The smallest absolute Gasteiger partial charge is 0.316 e. The van der Waals surface area contributed by atoms with Gasteiger partial charge in [-0.25, -0.2) is 0 Å². The highest BCUT2D eigenvalue weighted by Gasteiger charge is 1.98. The van der Waals surface area contributed by atoms with E-state index >= 15 is 0 Å². The summed E-state index contributed by atoms with van der Waals surface area (Å²) in [5, 5.41) is 9.58. The summed E-state index contributed by atoms with van der Waals surface area (Å²) in [5.74, 6) is 0.452. The lowest BCUT2D eigenvalue weighted by molar-refractivity contribution is 0.466. The number of hydrogen-bond donors (Lipinski definition) is 1. The van der Waals surface area contributed by atoms with E-state index in [4.69, 9.17) is 0 Å². The van der Waals surface area contributed by atoms with E-state index in [2.05, 4.69) is 6.92 Å². The molecule has 0 unspecified atom stereocenters. The molecule has 0 aliphatic carbocycles. The summed E-state index contributed by atoms with van der Waals surface area (Å²) >= 11 is 0. The first-order chi connectivity index (χ1) is 7.84. The van der Waals surface area contributed by atoms with Crippen molar-refractivity contribution in [3.63, 3.8) is 0 Å². The predicted molar refractivity (Wildman–Crippen MR) is 78.3 cm³/mol. The molecule has 0 fully saturated rings. The largest absolute Gasteiger partial charge is 0.508 e. The van der Waals surface area contributed by atoms with E-state index in [0.717, 1.165) is 12.0 Å². The predicted octanol–water partition coefficient (Wildman–Crippen LogP) is 3.77. The van der Waals surface area contributed by atoms with Crippen molar-refractivity contribution in [1.29, 1.82) is 0 Å². The number of hydrogen-bond acceptors (Lipinski definition) is 1. The first-order valence-corrected chi connectivity index (χ1v) is 6.61. The van der Waals surface area contributed by atoms with Crippen LogP contribution in [-0.4, -0.2) is 28.2 Å². The molecule has 0 aliphatic rings.